The first-order chi connectivity index (χ1) is 26.3. The van der Waals surface area contributed by atoms with Crippen molar-refractivity contribution in [3.63, 3.8) is 0 Å². The molecule has 0 aliphatic rings. The molecule has 2 heterocycles. The average molecular weight is 693 g/mol. The van der Waals surface area contributed by atoms with Gasteiger partial charge in [0.15, 0.2) is 0 Å². The number of fused-ring (bicyclic) bond motifs is 8. The summed E-state index contributed by atoms with van der Waals surface area (Å²) in [7, 11) is 0. The van der Waals surface area contributed by atoms with E-state index in [1.807, 2.05) is 11.3 Å². The van der Waals surface area contributed by atoms with Crippen LogP contribution in [0.3, 0.4) is 0 Å². The molecule has 11 rings (SSSR count). The van der Waals surface area contributed by atoms with E-state index < -0.39 is 0 Å². The van der Waals surface area contributed by atoms with E-state index in [1.54, 1.807) is 0 Å². The van der Waals surface area contributed by atoms with Crippen LogP contribution in [0, 0.1) is 0 Å². The molecule has 0 radical (unpaired) electrons. The molecule has 0 amide bonds. The van der Waals surface area contributed by atoms with Crippen molar-refractivity contribution in [3.05, 3.63) is 194 Å². The molecule has 0 saturated carbocycles. The molecule has 11 aromatic rings. The van der Waals surface area contributed by atoms with Gasteiger partial charge in [-0.1, -0.05) is 133 Å². The van der Waals surface area contributed by atoms with Gasteiger partial charge in [0.05, 0.1) is 27.1 Å². The summed E-state index contributed by atoms with van der Waals surface area (Å²) in [5, 5.41) is 10.0. The Morgan fingerprint density at radius 2 is 1.09 bits per heavy atom. The van der Waals surface area contributed by atoms with Crippen LogP contribution in [0.25, 0.3) is 80.3 Å². The fourth-order valence-corrected chi connectivity index (χ4v) is 9.56. The number of nitrogens with zero attached hydrogens (tertiary/aromatic N) is 2. The molecule has 0 atom stereocenters. The Morgan fingerprint density at radius 1 is 0.396 bits per heavy atom. The van der Waals surface area contributed by atoms with E-state index in [1.165, 1.54) is 86.0 Å². The van der Waals surface area contributed by atoms with Crippen LogP contribution in [0.4, 0.5) is 17.1 Å². The van der Waals surface area contributed by atoms with Crippen LogP contribution in [-0.2, 0) is 0 Å². The lowest BCUT2D eigenvalue weighted by Gasteiger charge is -2.28. The van der Waals surface area contributed by atoms with E-state index in [-0.39, 0.29) is 0 Å². The summed E-state index contributed by atoms with van der Waals surface area (Å²) in [6, 6.07) is 71.0. The van der Waals surface area contributed by atoms with Crippen molar-refractivity contribution < 1.29 is 0 Å². The van der Waals surface area contributed by atoms with Crippen molar-refractivity contribution in [2.24, 2.45) is 0 Å². The first kappa shape index (κ1) is 30.0. The van der Waals surface area contributed by atoms with Gasteiger partial charge in [0.2, 0.25) is 0 Å². The summed E-state index contributed by atoms with van der Waals surface area (Å²) >= 11 is 1.87. The topological polar surface area (TPSA) is 8.17 Å². The molecule has 2 nitrogen and oxygen atoms in total. The lowest BCUT2D eigenvalue weighted by atomic mass is 9.95. The quantitative estimate of drug-likeness (QED) is 0.174. The highest BCUT2D eigenvalue weighted by Gasteiger charge is 2.22. The van der Waals surface area contributed by atoms with Crippen molar-refractivity contribution in [2.75, 3.05) is 4.90 Å². The third-order valence-electron chi connectivity index (χ3n) is 10.8. The van der Waals surface area contributed by atoms with Gasteiger partial charge in [-0.3, -0.25) is 0 Å². The second-order valence-electron chi connectivity index (χ2n) is 13.7. The molecular weight excluding hydrogens is 661 g/mol. The third-order valence-corrected chi connectivity index (χ3v) is 12.0. The Hall–Kier alpha value is -6.68. The maximum Gasteiger partial charge on any atom is 0.0640 e. The van der Waals surface area contributed by atoms with Crippen LogP contribution in [0.1, 0.15) is 0 Å². The standard InChI is InChI=1S/C50H32N2S/c1-2-15-36(16-3-1)51-45-22-10-8-19-41(45)44-32-35(26-29-47(44)51)38-28-30-46(40-18-7-6-17-39(38)40)52(37-27-25-33-13-4-5-14-34(33)31-37)48-23-12-21-43-42-20-9-11-24-49(42)53-50(43)48/h1-32H. The van der Waals surface area contributed by atoms with Crippen LogP contribution in [0.15, 0.2) is 194 Å². The molecule has 0 saturated heterocycles. The third kappa shape index (κ3) is 4.71. The molecule has 53 heavy (non-hydrogen) atoms. The zero-order valence-electron chi connectivity index (χ0n) is 28.8. The molecule has 9 aromatic carbocycles. The van der Waals surface area contributed by atoms with E-state index in [0.29, 0.717) is 0 Å². The van der Waals surface area contributed by atoms with Crippen LogP contribution < -0.4 is 4.90 Å². The van der Waals surface area contributed by atoms with E-state index in [9.17, 15) is 0 Å². The molecule has 0 aliphatic heterocycles. The van der Waals surface area contributed by atoms with Gasteiger partial charge in [0, 0.05) is 43.0 Å². The lowest BCUT2D eigenvalue weighted by Crippen LogP contribution is -2.11. The molecule has 248 valence electrons. The number of benzene rings is 9. The monoisotopic (exact) mass is 692 g/mol. The van der Waals surface area contributed by atoms with E-state index in [4.69, 9.17) is 0 Å². The number of hydrogen-bond acceptors (Lipinski definition) is 2. The molecule has 2 aromatic heterocycles. The fourth-order valence-electron chi connectivity index (χ4n) is 8.36. The fraction of sp³-hybridized carbons (Fsp3) is 0. The van der Waals surface area contributed by atoms with Crippen molar-refractivity contribution in [1.82, 2.24) is 4.57 Å². The molecule has 0 fully saturated rings. The second-order valence-corrected chi connectivity index (χ2v) is 14.8. The Morgan fingerprint density at radius 3 is 1.98 bits per heavy atom. The SMILES string of the molecule is c1ccc(-n2c3ccccc3c3cc(-c4ccc(N(c5ccc6ccccc6c5)c5cccc6c5sc5ccccc56)c5ccccc45)ccc32)cc1. The van der Waals surface area contributed by atoms with Gasteiger partial charge in [0.1, 0.15) is 0 Å². The minimum absolute atomic E-state index is 1.14. The van der Waals surface area contributed by atoms with Crippen molar-refractivity contribution >= 4 is 91.9 Å². The van der Waals surface area contributed by atoms with E-state index in [0.717, 1.165) is 11.4 Å². The van der Waals surface area contributed by atoms with Crippen molar-refractivity contribution in [3.8, 4) is 16.8 Å². The number of thiophene rings is 1. The summed E-state index contributed by atoms with van der Waals surface area (Å²) in [5.74, 6) is 0. The Balaban J connectivity index is 1.15. The number of para-hydroxylation sites is 2. The lowest BCUT2D eigenvalue weighted by molar-refractivity contribution is 1.18. The minimum Gasteiger partial charge on any atom is -0.309 e. The largest absolute Gasteiger partial charge is 0.309 e. The molecular formula is C50H32N2S. The second kappa shape index (κ2) is 11.9. The van der Waals surface area contributed by atoms with Gasteiger partial charge in [-0.25, -0.2) is 0 Å². The van der Waals surface area contributed by atoms with Gasteiger partial charge < -0.3 is 9.47 Å². The highest BCUT2D eigenvalue weighted by molar-refractivity contribution is 7.26. The van der Waals surface area contributed by atoms with E-state index >= 15 is 0 Å². The summed E-state index contributed by atoms with van der Waals surface area (Å²) in [6.07, 6.45) is 0. The first-order valence-corrected chi connectivity index (χ1v) is 18.9. The normalized spacial score (nSPS) is 11.8. The number of aromatic nitrogens is 1. The maximum atomic E-state index is 2.48. The van der Waals surface area contributed by atoms with Gasteiger partial charge >= 0.3 is 0 Å². The van der Waals surface area contributed by atoms with Crippen molar-refractivity contribution in [1.29, 1.82) is 0 Å². The zero-order chi connectivity index (χ0) is 34.9. The Labute approximate surface area is 311 Å². The zero-order valence-corrected chi connectivity index (χ0v) is 29.6. The van der Waals surface area contributed by atoms with Gasteiger partial charge in [-0.2, -0.15) is 0 Å². The summed E-state index contributed by atoms with van der Waals surface area (Å²) < 4.78 is 4.97. The van der Waals surface area contributed by atoms with Gasteiger partial charge in [-0.15, -0.1) is 11.3 Å². The Bertz CT molecular complexity index is 3190. The van der Waals surface area contributed by atoms with E-state index in [2.05, 4.69) is 204 Å². The first-order valence-electron chi connectivity index (χ1n) is 18.1. The maximum absolute atomic E-state index is 2.48. The number of hydrogen-bond donors (Lipinski definition) is 0. The molecule has 0 spiro atoms. The molecule has 3 heteroatoms. The predicted octanol–water partition coefficient (Wildman–Crippen LogP) is 14.6. The van der Waals surface area contributed by atoms with Crippen molar-refractivity contribution in [2.45, 2.75) is 0 Å². The molecule has 0 unspecified atom stereocenters. The Kier molecular flexibility index (Phi) is 6.76. The predicted molar refractivity (Wildman–Crippen MR) is 229 cm³/mol. The smallest absolute Gasteiger partial charge is 0.0640 e. The minimum atomic E-state index is 1.14. The average Bonchev–Trinajstić information content (AvgIpc) is 3.77. The summed E-state index contributed by atoms with van der Waals surface area (Å²) in [6.45, 7) is 0. The summed E-state index contributed by atoms with van der Waals surface area (Å²) in [4.78, 5) is 2.48. The highest BCUT2D eigenvalue weighted by Crippen LogP contribution is 2.48. The van der Waals surface area contributed by atoms with Gasteiger partial charge in [-0.05, 0) is 87.9 Å². The van der Waals surface area contributed by atoms with Crippen LogP contribution >= 0.6 is 11.3 Å². The van der Waals surface area contributed by atoms with Crippen LogP contribution in [0.5, 0.6) is 0 Å². The molecule has 0 aliphatic carbocycles. The molecule has 0 N–H and O–H groups in total. The number of rotatable bonds is 5. The molecule has 0 bridgehead atoms. The highest BCUT2D eigenvalue weighted by atomic mass is 32.1. The number of anilines is 3. The summed E-state index contributed by atoms with van der Waals surface area (Å²) in [5.41, 5.74) is 9.51. The van der Waals surface area contributed by atoms with Gasteiger partial charge in [0.25, 0.3) is 0 Å². The van der Waals surface area contributed by atoms with Crippen LogP contribution in [-0.4, -0.2) is 4.57 Å². The van der Waals surface area contributed by atoms with Crippen LogP contribution in [0.2, 0.25) is 0 Å².